The van der Waals surface area contributed by atoms with Crippen LogP contribution in [0, 0.1) is 0 Å². The maximum atomic E-state index is 9.72. The lowest BCUT2D eigenvalue weighted by molar-refractivity contribution is 0.514. The Bertz CT molecular complexity index is 258. The van der Waals surface area contributed by atoms with E-state index < -0.39 is 0 Å². The third-order valence-electron chi connectivity index (χ3n) is 1.32. The van der Waals surface area contributed by atoms with Crippen molar-refractivity contribution in [2.45, 2.75) is 0 Å². The van der Waals surface area contributed by atoms with Crippen molar-refractivity contribution in [3.63, 3.8) is 0 Å². The molecule has 4 heteroatoms. The second-order valence-corrected chi connectivity index (χ2v) is 4.86. The van der Waals surface area contributed by atoms with E-state index in [4.69, 9.17) is 0 Å². The highest BCUT2D eigenvalue weighted by Gasteiger charge is 2.06. The topological polar surface area (TPSA) is 20.2 Å². The van der Waals surface area contributed by atoms with Gasteiger partial charge in [0.1, 0.15) is 0 Å². The van der Waals surface area contributed by atoms with E-state index in [1.165, 1.54) is 0 Å². The van der Waals surface area contributed by atoms with Gasteiger partial charge >= 0.3 is 0 Å². The van der Waals surface area contributed by atoms with Crippen molar-refractivity contribution in [3.05, 3.63) is 26.6 Å². The second-order valence-electron chi connectivity index (χ2n) is 2.02. The van der Waals surface area contributed by atoms with Gasteiger partial charge in [-0.1, -0.05) is 6.07 Å². The standard InChI is InChI=1S/C8H10OS3/c1-10-8(11-2)7(9)6-4-3-5-12-6/h3-5,9H,1-2H3. The predicted octanol–water partition coefficient (Wildman–Crippen LogP) is 3.66. The molecule has 0 atom stereocenters. The van der Waals surface area contributed by atoms with Crippen molar-refractivity contribution < 1.29 is 5.11 Å². The Hall–Kier alpha value is -0.0600. The van der Waals surface area contributed by atoms with E-state index in [0.717, 1.165) is 9.11 Å². The number of aliphatic hydroxyl groups is 1. The van der Waals surface area contributed by atoms with Crippen LogP contribution in [-0.2, 0) is 0 Å². The molecule has 0 saturated heterocycles. The molecule has 1 rings (SSSR count). The molecule has 0 radical (unpaired) electrons. The fraction of sp³-hybridized carbons (Fsp3) is 0.250. The van der Waals surface area contributed by atoms with Gasteiger partial charge in [-0.15, -0.1) is 34.9 Å². The van der Waals surface area contributed by atoms with Gasteiger partial charge in [-0.25, -0.2) is 0 Å². The first-order valence-corrected chi connectivity index (χ1v) is 6.67. The molecule has 1 aromatic heterocycles. The van der Waals surface area contributed by atoms with Crippen molar-refractivity contribution in [1.82, 2.24) is 0 Å². The Morgan fingerprint density at radius 2 is 2.08 bits per heavy atom. The van der Waals surface area contributed by atoms with Crippen molar-refractivity contribution in [2.24, 2.45) is 0 Å². The van der Waals surface area contributed by atoms with Crippen LogP contribution in [0.3, 0.4) is 0 Å². The molecule has 0 saturated carbocycles. The van der Waals surface area contributed by atoms with Crippen LogP contribution in [0.5, 0.6) is 0 Å². The Kier molecular flexibility index (Phi) is 4.05. The minimum absolute atomic E-state index is 0.407. The van der Waals surface area contributed by atoms with E-state index in [9.17, 15) is 5.11 Å². The first-order valence-electron chi connectivity index (χ1n) is 3.34. The van der Waals surface area contributed by atoms with Crippen LogP contribution in [0.15, 0.2) is 21.7 Å². The molecule has 1 N–H and O–H groups in total. The summed E-state index contributed by atoms with van der Waals surface area (Å²) in [6.45, 7) is 0. The predicted molar refractivity (Wildman–Crippen MR) is 60.9 cm³/mol. The third-order valence-corrected chi connectivity index (χ3v) is 4.32. The van der Waals surface area contributed by atoms with E-state index in [0.29, 0.717) is 5.76 Å². The van der Waals surface area contributed by atoms with Crippen molar-refractivity contribution in [1.29, 1.82) is 0 Å². The average Bonchev–Trinajstić information content (AvgIpc) is 2.58. The number of thioether (sulfide) groups is 2. The minimum Gasteiger partial charge on any atom is -0.505 e. The summed E-state index contributed by atoms with van der Waals surface area (Å²) < 4.78 is 0.970. The van der Waals surface area contributed by atoms with Crippen LogP contribution < -0.4 is 0 Å². The number of aliphatic hydroxyl groups excluding tert-OH is 1. The summed E-state index contributed by atoms with van der Waals surface area (Å²) in [5, 5.41) is 11.7. The van der Waals surface area contributed by atoms with Crippen LogP contribution in [0.25, 0.3) is 5.76 Å². The molecule has 0 aliphatic rings. The van der Waals surface area contributed by atoms with Gasteiger partial charge in [0.25, 0.3) is 0 Å². The van der Waals surface area contributed by atoms with Crippen molar-refractivity contribution >= 4 is 40.6 Å². The summed E-state index contributed by atoms with van der Waals surface area (Å²) in [5.41, 5.74) is 0. The first kappa shape index (κ1) is 10.0. The Morgan fingerprint density at radius 3 is 2.50 bits per heavy atom. The van der Waals surface area contributed by atoms with E-state index in [1.807, 2.05) is 30.0 Å². The normalized spacial score (nSPS) is 9.83. The number of hydrogen-bond acceptors (Lipinski definition) is 4. The molecule has 1 aromatic rings. The fourth-order valence-electron chi connectivity index (χ4n) is 0.791. The molecule has 12 heavy (non-hydrogen) atoms. The highest BCUT2D eigenvalue weighted by atomic mass is 32.2. The molecule has 0 bridgehead atoms. The van der Waals surface area contributed by atoms with Crippen LogP contribution in [-0.4, -0.2) is 17.6 Å². The van der Waals surface area contributed by atoms with E-state index >= 15 is 0 Å². The number of hydrogen-bond donors (Lipinski definition) is 1. The molecule has 0 aromatic carbocycles. The van der Waals surface area contributed by atoms with Gasteiger partial charge in [-0.3, -0.25) is 0 Å². The SMILES string of the molecule is CSC(SC)=C(O)c1cccs1. The molecule has 0 fully saturated rings. The molecule has 0 unspecified atom stereocenters. The highest BCUT2D eigenvalue weighted by Crippen LogP contribution is 2.32. The highest BCUT2D eigenvalue weighted by molar-refractivity contribution is 8.21. The summed E-state index contributed by atoms with van der Waals surface area (Å²) in [6.07, 6.45) is 3.94. The van der Waals surface area contributed by atoms with Gasteiger partial charge in [0, 0.05) is 0 Å². The fourth-order valence-corrected chi connectivity index (χ4v) is 2.87. The maximum Gasteiger partial charge on any atom is 0.152 e. The van der Waals surface area contributed by atoms with Gasteiger partial charge in [-0.05, 0) is 24.0 Å². The zero-order valence-electron chi connectivity index (χ0n) is 6.90. The first-order chi connectivity index (χ1) is 5.79. The summed E-state index contributed by atoms with van der Waals surface area (Å²) >= 11 is 4.71. The summed E-state index contributed by atoms with van der Waals surface area (Å²) in [5.74, 6) is 0.407. The Balaban J connectivity index is 2.94. The van der Waals surface area contributed by atoms with Gasteiger partial charge < -0.3 is 5.11 Å². The molecule has 0 amide bonds. The van der Waals surface area contributed by atoms with Gasteiger partial charge in [0.05, 0.1) is 9.11 Å². The van der Waals surface area contributed by atoms with Crippen LogP contribution in [0.1, 0.15) is 4.88 Å². The van der Waals surface area contributed by atoms with Crippen LogP contribution in [0.4, 0.5) is 0 Å². The third kappa shape index (κ3) is 2.21. The van der Waals surface area contributed by atoms with E-state index in [2.05, 4.69) is 0 Å². The molecule has 1 heterocycles. The van der Waals surface area contributed by atoms with E-state index in [1.54, 1.807) is 34.9 Å². The largest absolute Gasteiger partial charge is 0.505 e. The quantitative estimate of drug-likeness (QED) is 0.782. The van der Waals surface area contributed by atoms with Gasteiger partial charge in [0.15, 0.2) is 5.76 Å². The molecule has 0 aliphatic heterocycles. The lowest BCUT2D eigenvalue weighted by Gasteiger charge is -2.02. The number of thiophene rings is 1. The molecule has 66 valence electrons. The van der Waals surface area contributed by atoms with Crippen LogP contribution in [0.2, 0.25) is 0 Å². The number of rotatable bonds is 3. The van der Waals surface area contributed by atoms with Gasteiger partial charge in [-0.2, -0.15) is 0 Å². The van der Waals surface area contributed by atoms with Crippen molar-refractivity contribution in [2.75, 3.05) is 12.5 Å². The minimum atomic E-state index is 0.407. The zero-order chi connectivity index (χ0) is 8.97. The Labute approximate surface area is 84.9 Å². The monoisotopic (exact) mass is 218 g/mol. The average molecular weight is 218 g/mol. The summed E-state index contributed by atoms with van der Waals surface area (Å²) in [7, 11) is 0. The van der Waals surface area contributed by atoms with Crippen molar-refractivity contribution in [3.8, 4) is 0 Å². The Morgan fingerprint density at radius 1 is 1.42 bits per heavy atom. The molecule has 0 aliphatic carbocycles. The maximum absolute atomic E-state index is 9.72. The molecule has 0 spiro atoms. The molecule has 1 nitrogen and oxygen atoms in total. The van der Waals surface area contributed by atoms with Crippen LogP contribution >= 0.6 is 34.9 Å². The summed E-state index contributed by atoms with van der Waals surface area (Å²) in [6, 6.07) is 3.86. The van der Waals surface area contributed by atoms with Gasteiger partial charge in [0.2, 0.25) is 0 Å². The molecular formula is C8H10OS3. The second kappa shape index (κ2) is 4.84. The lowest BCUT2D eigenvalue weighted by Crippen LogP contribution is -1.80. The lowest BCUT2D eigenvalue weighted by atomic mass is 10.4. The zero-order valence-corrected chi connectivity index (χ0v) is 9.35. The van der Waals surface area contributed by atoms with E-state index in [-0.39, 0.29) is 0 Å². The molecular weight excluding hydrogens is 208 g/mol. The smallest absolute Gasteiger partial charge is 0.152 e. The summed E-state index contributed by atoms with van der Waals surface area (Å²) in [4.78, 5) is 0.939.